The smallest absolute Gasteiger partial charge is 0.387 e. The Morgan fingerprint density at radius 2 is 2.15 bits per heavy atom. The number of carboxylic acid groups (broad SMARTS) is 1. The maximum Gasteiger partial charge on any atom is 0.387 e. The molecule has 1 aliphatic rings. The van der Waals surface area contributed by atoms with Crippen molar-refractivity contribution >= 4 is 28.2 Å². The number of rotatable bonds is 5. The van der Waals surface area contributed by atoms with Crippen molar-refractivity contribution in [1.29, 1.82) is 0 Å². The van der Waals surface area contributed by atoms with E-state index >= 15 is 0 Å². The van der Waals surface area contributed by atoms with Crippen LogP contribution in [0.2, 0.25) is 0 Å². The van der Waals surface area contributed by atoms with Crippen molar-refractivity contribution in [1.82, 2.24) is 0 Å². The van der Waals surface area contributed by atoms with E-state index in [4.69, 9.17) is 0 Å². The van der Waals surface area contributed by atoms with E-state index in [2.05, 4.69) is 10.1 Å². The molecule has 0 saturated heterocycles. The quantitative estimate of drug-likeness (QED) is 0.784. The Bertz CT molecular complexity index is 850. The molecule has 1 aromatic carbocycles. The largest absolute Gasteiger partial charge is 0.478 e. The van der Waals surface area contributed by atoms with E-state index in [-0.39, 0.29) is 27.8 Å². The van der Waals surface area contributed by atoms with Gasteiger partial charge in [-0.25, -0.2) is 4.79 Å². The summed E-state index contributed by atoms with van der Waals surface area (Å²) >= 11 is 1.27. The van der Waals surface area contributed by atoms with Gasteiger partial charge in [0.05, 0.1) is 5.56 Å². The Morgan fingerprint density at radius 1 is 1.38 bits per heavy atom. The first kappa shape index (κ1) is 18.3. The van der Waals surface area contributed by atoms with Crippen LogP contribution in [0.15, 0.2) is 24.3 Å². The molecule has 1 atom stereocenters. The van der Waals surface area contributed by atoms with E-state index in [0.717, 1.165) is 29.7 Å². The number of carboxylic acids is 1. The number of nitrogens with one attached hydrogen (secondary N) is 1. The average Bonchev–Trinajstić information content (AvgIpc) is 2.94. The van der Waals surface area contributed by atoms with Crippen molar-refractivity contribution in [3.05, 3.63) is 45.8 Å². The fourth-order valence-electron chi connectivity index (χ4n) is 3.20. The molecule has 1 amide bonds. The van der Waals surface area contributed by atoms with Gasteiger partial charge in [-0.1, -0.05) is 13.0 Å². The van der Waals surface area contributed by atoms with Crippen LogP contribution in [0.25, 0.3) is 0 Å². The first-order chi connectivity index (χ1) is 12.4. The molecule has 2 aromatic rings. The lowest BCUT2D eigenvalue weighted by Gasteiger charge is -2.19. The molecule has 0 fully saturated rings. The summed E-state index contributed by atoms with van der Waals surface area (Å²) in [5, 5.41) is 12.5. The van der Waals surface area contributed by atoms with Crippen LogP contribution in [0.3, 0.4) is 0 Å². The van der Waals surface area contributed by atoms with E-state index in [0.29, 0.717) is 0 Å². The van der Waals surface area contributed by atoms with Crippen LogP contribution >= 0.6 is 11.3 Å². The molecule has 0 aliphatic heterocycles. The van der Waals surface area contributed by atoms with Gasteiger partial charge in [0.2, 0.25) is 0 Å². The van der Waals surface area contributed by atoms with Crippen LogP contribution < -0.4 is 10.1 Å². The lowest BCUT2D eigenvalue weighted by atomic mass is 9.86. The van der Waals surface area contributed by atoms with Crippen molar-refractivity contribution < 1.29 is 28.2 Å². The number of benzene rings is 1. The van der Waals surface area contributed by atoms with Gasteiger partial charge < -0.3 is 15.2 Å². The number of ether oxygens (including phenoxy) is 1. The predicted octanol–water partition coefficient (Wildman–Crippen LogP) is 4.74. The first-order valence-corrected chi connectivity index (χ1v) is 8.93. The number of thiophene rings is 1. The molecule has 8 heteroatoms. The molecular weight excluding hydrogens is 364 g/mol. The molecule has 0 spiro atoms. The molecule has 1 aromatic heterocycles. The molecule has 26 heavy (non-hydrogen) atoms. The number of fused-ring (bicyclic) bond motifs is 1. The van der Waals surface area contributed by atoms with Crippen LogP contribution in [-0.2, 0) is 6.42 Å². The summed E-state index contributed by atoms with van der Waals surface area (Å²) in [5.41, 5.74) is 1.03. The zero-order valence-corrected chi connectivity index (χ0v) is 14.7. The lowest BCUT2D eigenvalue weighted by molar-refractivity contribution is -0.0498. The molecule has 0 bridgehead atoms. The number of aryl methyl sites for hydroxylation is 1. The summed E-state index contributed by atoms with van der Waals surface area (Å²) in [4.78, 5) is 25.2. The molecule has 1 aliphatic carbocycles. The number of halogens is 2. The van der Waals surface area contributed by atoms with Gasteiger partial charge in [-0.2, -0.15) is 8.78 Å². The van der Waals surface area contributed by atoms with Gasteiger partial charge in [0.25, 0.3) is 5.91 Å². The number of aromatic carboxylic acids is 1. The van der Waals surface area contributed by atoms with Gasteiger partial charge in [0.15, 0.2) is 0 Å². The molecule has 3 rings (SSSR count). The summed E-state index contributed by atoms with van der Waals surface area (Å²) in [6.45, 7) is -1.01. The molecule has 1 unspecified atom stereocenters. The number of hydrogen-bond acceptors (Lipinski definition) is 4. The van der Waals surface area contributed by atoms with E-state index in [1.807, 2.05) is 6.92 Å². The molecule has 2 N–H and O–H groups in total. The highest BCUT2D eigenvalue weighted by atomic mass is 32.1. The third kappa shape index (κ3) is 3.70. The van der Waals surface area contributed by atoms with Gasteiger partial charge in [0.1, 0.15) is 10.8 Å². The summed E-state index contributed by atoms with van der Waals surface area (Å²) < 4.78 is 28.9. The van der Waals surface area contributed by atoms with Crippen molar-refractivity contribution in [2.24, 2.45) is 0 Å². The number of carbonyl (C=O) groups is 2. The Kier molecular flexibility index (Phi) is 5.22. The van der Waals surface area contributed by atoms with Gasteiger partial charge in [-0.3, -0.25) is 4.79 Å². The number of amides is 1. The van der Waals surface area contributed by atoms with Crippen LogP contribution in [-0.4, -0.2) is 23.6 Å². The highest BCUT2D eigenvalue weighted by Gasteiger charge is 2.30. The minimum absolute atomic E-state index is 0.110. The third-order valence-corrected chi connectivity index (χ3v) is 5.50. The molecule has 5 nitrogen and oxygen atoms in total. The predicted molar refractivity (Wildman–Crippen MR) is 93.7 cm³/mol. The second kappa shape index (κ2) is 7.41. The fourth-order valence-corrected chi connectivity index (χ4v) is 4.55. The topological polar surface area (TPSA) is 75.6 Å². The number of hydrogen-bond donors (Lipinski definition) is 2. The number of alkyl halides is 2. The minimum atomic E-state index is -2.99. The van der Waals surface area contributed by atoms with Crippen molar-refractivity contribution in [2.75, 3.05) is 5.32 Å². The Morgan fingerprint density at radius 3 is 2.85 bits per heavy atom. The summed E-state index contributed by atoms with van der Waals surface area (Å²) in [5.74, 6) is -1.67. The van der Waals surface area contributed by atoms with Crippen molar-refractivity contribution in [2.45, 2.75) is 38.7 Å². The summed E-state index contributed by atoms with van der Waals surface area (Å²) in [7, 11) is 0. The fraction of sp³-hybridized carbons (Fsp3) is 0.333. The SMILES string of the molecule is CC1CCCc2sc(NC(=O)c3cccc(OC(F)F)c3)c(C(=O)O)c21. The average molecular weight is 381 g/mol. The van der Waals surface area contributed by atoms with Crippen LogP contribution in [0.5, 0.6) is 5.75 Å². The molecule has 1 heterocycles. The summed E-state index contributed by atoms with van der Waals surface area (Å²) in [6.07, 6.45) is 2.68. The third-order valence-electron chi connectivity index (χ3n) is 4.32. The summed E-state index contributed by atoms with van der Waals surface area (Å²) in [6, 6.07) is 5.38. The van der Waals surface area contributed by atoms with E-state index in [1.54, 1.807) is 0 Å². The standard InChI is InChI=1S/C18H17F2NO4S/c1-9-4-2-7-12-13(9)14(17(23)24)16(26-12)21-15(22)10-5-3-6-11(8-10)25-18(19)20/h3,5-6,8-9,18H,2,4,7H2,1H3,(H,21,22)(H,23,24). The van der Waals surface area contributed by atoms with Gasteiger partial charge in [-0.15, -0.1) is 11.3 Å². The molecule has 138 valence electrons. The highest BCUT2D eigenvalue weighted by molar-refractivity contribution is 7.17. The normalized spacial score (nSPS) is 16.2. The zero-order valence-electron chi connectivity index (χ0n) is 13.9. The molecule has 0 radical (unpaired) electrons. The Hall–Kier alpha value is -2.48. The van der Waals surface area contributed by atoms with E-state index in [1.165, 1.54) is 35.6 Å². The van der Waals surface area contributed by atoms with Crippen LogP contribution in [0.4, 0.5) is 13.8 Å². The maximum absolute atomic E-state index is 12.5. The monoisotopic (exact) mass is 381 g/mol. The van der Waals surface area contributed by atoms with Gasteiger partial charge in [0, 0.05) is 10.4 Å². The van der Waals surface area contributed by atoms with E-state index in [9.17, 15) is 23.5 Å². The minimum Gasteiger partial charge on any atom is -0.478 e. The highest BCUT2D eigenvalue weighted by Crippen LogP contribution is 2.43. The first-order valence-electron chi connectivity index (χ1n) is 8.12. The molecule has 0 saturated carbocycles. The Balaban J connectivity index is 1.89. The van der Waals surface area contributed by atoms with Gasteiger partial charge >= 0.3 is 12.6 Å². The second-order valence-electron chi connectivity index (χ2n) is 6.10. The maximum atomic E-state index is 12.5. The van der Waals surface area contributed by atoms with Crippen LogP contribution in [0, 0.1) is 0 Å². The second-order valence-corrected chi connectivity index (χ2v) is 7.21. The number of carbonyl (C=O) groups excluding carboxylic acids is 1. The van der Waals surface area contributed by atoms with E-state index < -0.39 is 18.5 Å². The van der Waals surface area contributed by atoms with Crippen LogP contribution in [0.1, 0.15) is 56.8 Å². The lowest BCUT2D eigenvalue weighted by Crippen LogP contribution is -2.15. The molecular formula is C18H17F2NO4S. The Labute approximate surface area is 152 Å². The zero-order chi connectivity index (χ0) is 18.8. The number of anilines is 1. The van der Waals surface area contributed by atoms with Gasteiger partial charge in [-0.05, 0) is 48.9 Å². The van der Waals surface area contributed by atoms with Crippen molar-refractivity contribution in [3.63, 3.8) is 0 Å². The van der Waals surface area contributed by atoms with Crippen molar-refractivity contribution in [3.8, 4) is 5.75 Å².